The lowest BCUT2D eigenvalue weighted by Gasteiger charge is -2.30. The molecular weight excluding hydrogens is 400 g/mol. The third-order valence-electron chi connectivity index (χ3n) is 5.01. The molecule has 0 radical (unpaired) electrons. The summed E-state index contributed by atoms with van der Waals surface area (Å²) in [5.41, 5.74) is 1.81. The minimum Gasteiger partial charge on any atom is -0.311 e. The Bertz CT molecular complexity index is 920. The first-order valence-corrected chi connectivity index (χ1v) is 12.5. The zero-order valence-electron chi connectivity index (χ0n) is 15.0. The van der Waals surface area contributed by atoms with E-state index in [0.717, 1.165) is 41.1 Å². The third-order valence-corrected chi connectivity index (χ3v) is 9.02. The Hall–Kier alpha value is -1.35. The summed E-state index contributed by atoms with van der Waals surface area (Å²) in [4.78, 5) is 14.9. The van der Waals surface area contributed by atoms with Gasteiger partial charge in [0.05, 0.1) is 14.9 Å². The summed E-state index contributed by atoms with van der Waals surface area (Å²) < 4.78 is 28.3. The highest BCUT2D eigenvalue weighted by atomic mass is 32.2. The summed E-state index contributed by atoms with van der Waals surface area (Å²) in [6.45, 7) is 1.89. The summed E-state index contributed by atoms with van der Waals surface area (Å²) in [7, 11) is -3.42. The van der Waals surface area contributed by atoms with Gasteiger partial charge in [-0.05, 0) is 60.9 Å². The van der Waals surface area contributed by atoms with Crippen molar-refractivity contribution in [1.82, 2.24) is 4.31 Å². The highest BCUT2D eigenvalue weighted by Gasteiger charge is 2.29. The Labute approximate surface area is 168 Å². The minimum absolute atomic E-state index is 0.0736. The molecule has 27 heavy (non-hydrogen) atoms. The molecule has 144 valence electrons. The Morgan fingerprint density at radius 2 is 1.93 bits per heavy atom. The van der Waals surface area contributed by atoms with Gasteiger partial charge in [-0.25, -0.2) is 8.42 Å². The zero-order chi connectivity index (χ0) is 18.9. The van der Waals surface area contributed by atoms with Gasteiger partial charge in [0.2, 0.25) is 15.9 Å². The van der Waals surface area contributed by atoms with E-state index >= 15 is 0 Å². The van der Waals surface area contributed by atoms with Gasteiger partial charge >= 0.3 is 0 Å². The van der Waals surface area contributed by atoms with Crippen LogP contribution in [0.1, 0.15) is 24.8 Å². The molecule has 2 aromatic rings. The number of fused-ring (bicyclic) bond motifs is 1. The van der Waals surface area contributed by atoms with Crippen LogP contribution >= 0.6 is 23.1 Å². The summed E-state index contributed by atoms with van der Waals surface area (Å²) in [5, 5.41) is 2.01. The van der Waals surface area contributed by atoms with Crippen LogP contribution in [-0.4, -0.2) is 44.0 Å². The number of amides is 1. The largest absolute Gasteiger partial charge is 0.311 e. The van der Waals surface area contributed by atoms with Gasteiger partial charge in [0.25, 0.3) is 0 Å². The molecule has 5 nitrogen and oxygen atoms in total. The molecule has 1 aromatic carbocycles. The quantitative estimate of drug-likeness (QED) is 0.691. The second kappa shape index (κ2) is 7.95. The number of thiophene rings is 1. The van der Waals surface area contributed by atoms with Gasteiger partial charge in [-0.1, -0.05) is 6.07 Å². The van der Waals surface area contributed by atoms with Crippen molar-refractivity contribution in [3.05, 3.63) is 41.3 Å². The van der Waals surface area contributed by atoms with Crippen LogP contribution in [0.5, 0.6) is 0 Å². The maximum Gasteiger partial charge on any atom is 0.243 e. The molecule has 1 fully saturated rings. The topological polar surface area (TPSA) is 57.7 Å². The standard InChI is InChI=1S/C19H22N2O3S3/c22-18(14-26-19-6-4-12-25-19)21-11-3-5-15-13-16(7-8-17(15)21)27(23,24)20-9-1-2-10-20/h4,6-8,12-13H,1-3,5,9-11,14H2. The molecule has 0 unspecified atom stereocenters. The van der Waals surface area contributed by atoms with E-state index in [4.69, 9.17) is 0 Å². The summed E-state index contributed by atoms with van der Waals surface area (Å²) in [6, 6.07) is 9.24. The van der Waals surface area contributed by atoms with Gasteiger partial charge in [0.1, 0.15) is 0 Å². The smallest absolute Gasteiger partial charge is 0.243 e. The number of benzene rings is 1. The fraction of sp³-hybridized carbons (Fsp3) is 0.421. The maximum absolute atomic E-state index is 12.8. The summed E-state index contributed by atoms with van der Waals surface area (Å²) >= 11 is 3.19. The number of hydrogen-bond acceptors (Lipinski definition) is 5. The van der Waals surface area contributed by atoms with E-state index in [1.807, 2.05) is 28.5 Å². The molecule has 2 aliphatic rings. The number of nitrogens with zero attached hydrogens (tertiary/aromatic N) is 2. The van der Waals surface area contributed by atoms with Crippen molar-refractivity contribution in [2.24, 2.45) is 0 Å². The Kier molecular flexibility index (Phi) is 5.59. The molecule has 0 atom stereocenters. The number of thioether (sulfide) groups is 1. The molecule has 3 heterocycles. The van der Waals surface area contributed by atoms with Crippen LogP contribution in [0.25, 0.3) is 0 Å². The second-order valence-corrected chi connectivity index (χ2v) is 10.9. The van der Waals surface area contributed by atoms with Crippen molar-refractivity contribution in [2.45, 2.75) is 34.8 Å². The number of rotatable bonds is 5. The number of hydrogen-bond donors (Lipinski definition) is 0. The number of carbonyl (C=O) groups excluding carboxylic acids is 1. The van der Waals surface area contributed by atoms with Crippen LogP contribution in [0.15, 0.2) is 44.8 Å². The monoisotopic (exact) mass is 422 g/mol. The number of aryl methyl sites for hydroxylation is 1. The van der Waals surface area contributed by atoms with Gasteiger partial charge in [0.15, 0.2) is 0 Å². The fourth-order valence-electron chi connectivity index (χ4n) is 3.63. The molecule has 0 bridgehead atoms. The van der Waals surface area contributed by atoms with Crippen LogP contribution in [0.2, 0.25) is 0 Å². The molecule has 2 aliphatic heterocycles. The normalized spacial score (nSPS) is 17.9. The van der Waals surface area contributed by atoms with E-state index < -0.39 is 10.0 Å². The number of sulfonamides is 1. The van der Waals surface area contributed by atoms with Crippen LogP contribution in [0, 0.1) is 0 Å². The Balaban J connectivity index is 1.53. The van der Waals surface area contributed by atoms with E-state index in [9.17, 15) is 13.2 Å². The highest BCUT2D eigenvalue weighted by molar-refractivity contribution is 8.01. The first-order valence-electron chi connectivity index (χ1n) is 9.15. The van der Waals surface area contributed by atoms with E-state index in [1.54, 1.807) is 39.5 Å². The van der Waals surface area contributed by atoms with Gasteiger partial charge in [-0.15, -0.1) is 23.1 Å². The van der Waals surface area contributed by atoms with Crippen molar-refractivity contribution in [2.75, 3.05) is 30.3 Å². The average Bonchev–Trinajstić information content (AvgIpc) is 3.39. The van der Waals surface area contributed by atoms with E-state index in [-0.39, 0.29) is 5.91 Å². The van der Waals surface area contributed by atoms with Crippen LogP contribution in [-0.2, 0) is 21.2 Å². The first kappa shape index (κ1) is 19.0. The van der Waals surface area contributed by atoms with Gasteiger partial charge < -0.3 is 4.90 Å². The fourth-order valence-corrected chi connectivity index (χ4v) is 6.86. The lowest BCUT2D eigenvalue weighted by molar-refractivity contribution is -0.116. The lowest BCUT2D eigenvalue weighted by Crippen LogP contribution is -2.37. The molecule has 8 heteroatoms. The van der Waals surface area contributed by atoms with Crippen LogP contribution in [0.3, 0.4) is 0 Å². The predicted octanol–water partition coefficient (Wildman–Crippen LogP) is 3.60. The average molecular weight is 423 g/mol. The Morgan fingerprint density at radius 1 is 1.11 bits per heavy atom. The van der Waals surface area contributed by atoms with Gasteiger partial charge in [-0.3, -0.25) is 4.79 Å². The lowest BCUT2D eigenvalue weighted by atomic mass is 10.0. The molecule has 1 saturated heterocycles. The minimum atomic E-state index is -3.42. The van der Waals surface area contributed by atoms with Gasteiger partial charge in [-0.2, -0.15) is 4.31 Å². The van der Waals surface area contributed by atoms with Crippen molar-refractivity contribution in [3.8, 4) is 0 Å². The van der Waals surface area contributed by atoms with E-state index in [2.05, 4.69) is 0 Å². The van der Waals surface area contributed by atoms with Crippen molar-refractivity contribution >= 4 is 44.7 Å². The van der Waals surface area contributed by atoms with Crippen molar-refractivity contribution < 1.29 is 13.2 Å². The van der Waals surface area contributed by atoms with E-state index in [0.29, 0.717) is 30.3 Å². The summed E-state index contributed by atoms with van der Waals surface area (Å²) in [6.07, 6.45) is 3.51. The SMILES string of the molecule is O=C(CSc1cccs1)N1CCCc2cc(S(=O)(=O)N3CCCC3)ccc21. The molecule has 0 aliphatic carbocycles. The number of anilines is 1. The van der Waals surface area contributed by atoms with Crippen LogP contribution < -0.4 is 4.90 Å². The van der Waals surface area contributed by atoms with Crippen LogP contribution in [0.4, 0.5) is 5.69 Å². The molecule has 0 saturated carbocycles. The molecular formula is C19H22N2O3S3. The van der Waals surface area contributed by atoms with Gasteiger partial charge in [0, 0.05) is 25.3 Å². The highest BCUT2D eigenvalue weighted by Crippen LogP contribution is 2.32. The molecule has 4 rings (SSSR count). The Morgan fingerprint density at radius 3 is 2.67 bits per heavy atom. The molecule has 1 aromatic heterocycles. The molecule has 0 N–H and O–H groups in total. The zero-order valence-corrected chi connectivity index (χ0v) is 17.4. The van der Waals surface area contributed by atoms with E-state index in [1.165, 1.54) is 0 Å². The summed E-state index contributed by atoms with van der Waals surface area (Å²) in [5.74, 6) is 0.470. The predicted molar refractivity (Wildman–Crippen MR) is 110 cm³/mol. The number of carbonyl (C=O) groups is 1. The van der Waals surface area contributed by atoms with Crippen molar-refractivity contribution in [1.29, 1.82) is 0 Å². The molecule has 1 amide bonds. The maximum atomic E-state index is 12.8. The second-order valence-electron chi connectivity index (χ2n) is 6.77. The molecule has 0 spiro atoms. The first-order chi connectivity index (χ1) is 13.1. The van der Waals surface area contributed by atoms with Crippen molar-refractivity contribution in [3.63, 3.8) is 0 Å². The third kappa shape index (κ3) is 3.94.